The molecule has 1 N–H and O–H groups in total. The van der Waals surface area contributed by atoms with Crippen molar-refractivity contribution in [2.75, 3.05) is 20.1 Å². The minimum absolute atomic E-state index is 0.782. The van der Waals surface area contributed by atoms with E-state index in [1.165, 1.54) is 31.2 Å². The zero-order valence-electron chi connectivity index (χ0n) is 10.7. The summed E-state index contributed by atoms with van der Waals surface area (Å²) in [6.07, 6.45) is 9.27. The Morgan fingerprint density at radius 3 is 2.71 bits per heavy atom. The van der Waals surface area contributed by atoms with Crippen molar-refractivity contribution < 1.29 is 0 Å². The lowest BCUT2D eigenvalue weighted by atomic mass is 10.2. The van der Waals surface area contributed by atoms with Crippen molar-refractivity contribution >= 4 is 0 Å². The van der Waals surface area contributed by atoms with E-state index in [1.54, 1.807) is 0 Å². The zero-order chi connectivity index (χ0) is 11.9. The molecule has 0 unspecified atom stereocenters. The Hall–Kier alpha value is -0.930. The number of hydrogen-bond donors (Lipinski definition) is 1. The van der Waals surface area contributed by atoms with E-state index in [0.717, 1.165) is 25.7 Å². The Labute approximate surface area is 104 Å². The Balaban J connectivity index is 1.62. The Morgan fingerprint density at radius 2 is 2.00 bits per heavy atom. The molecule has 0 bridgehead atoms. The van der Waals surface area contributed by atoms with Crippen molar-refractivity contribution in [3.63, 3.8) is 0 Å². The van der Waals surface area contributed by atoms with E-state index in [9.17, 15) is 0 Å². The van der Waals surface area contributed by atoms with Gasteiger partial charge in [0.2, 0.25) is 0 Å². The average Bonchev–Trinajstić information content (AvgIpc) is 2.83. The molecule has 1 fully saturated rings. The summed E-state index contributed by atoms with van der Waals surface area (Å²) < 4.78 is 0. The fraction of sp³-hybridized carbons (Fsp3) is 0.643. The normalized spacial score (nSPS) is 16.8. The van der Waals surface area contributed by atoms with Crippen molar-refractivity contribution in [2.45, 2.75) is 38.3 Å². The summed E-state index contributed by atoms with van der Waals surface area (Å²) in [5.74, 6) is 0. The fourth-order valence-corrected chi connectivity index (χ4v) is 2.47. The Morgan fingerprint density at radius 1 is 1.29 bits per heavy atom. The smallest absolute Gasteiger partial charge is 0.0271 e. The van der Waals surface area contributed by atoms with Crippen LogP contribution in [0, 0.1) is 0 Å². The molecule has 0 atom stereocenters. The molecule has 1 saturated carbocycles. The van der Waals surface area contributed by atoms with Crippen LogP contribution in [-0.2, 0) is 6.54 Å². The van der Waals surface area contributed by atoms with Gasteiger partial charge in [0.05, 0.1) is 0 Å². The van der Waals surface area contributed by atoms with Crippen molar-refractivity contribution in [3.05, 3.63) is 30.1 Å². The molecule has 0 radical (unpaired) electrons. The first-order valence-corrected chi connectivity index (χ1v) is 6.65. The average molecular weight is 233 g/mol. The van der Waals surface area contributed by atoms with Gasteiger partial charge >= 0.3 is 0 Å². The second-order valence-corrected chi connectivity index (χ2v) is 5.03. The monoisotopic (exact) mass is 233 g/mol. The summed E-state index contributed by atoms with van der Waals surface area (Å²) in [6, 6.07) is 4.95. The van der Waals surface area contributed by atoms with Gasteiger partial charge < -0.3 is 10.2 Å². The fourth-order valence-electron chi connectivity index (χ4n) is 2.47. The van der Waals surface area contributed by atoms with Crippen LogP contribution >= 0.6 is 0 Å². The third-order valence-electron chi connectivity index (χ3n) is 3.48. The summed E-state index contributed by atoms with van der Waals surface area (Å²) >= 11 is 0. The van der Waals surface area contributed by atoms with Gasteiger partial charge in [-0.05, 0) is 37.6 Å². The van der Waals surface area contributed by atoms with Gasteiger partial charge in [-0.25, -0.2) is 0 Å². The van der Waals surface area contributed by atoms with E-state index in [0.29, 0.717) is 0 Å². The van der Waals surface area contributed by atoms with Crippen LogP contribution in [0.15, 0.2) is 24.5 Å². The molecule has 0 aromatic carbocycles. The first-order chi connectivity index (χ1) is 8.34. The van der Waals surface area contributed by atoms with Crippen molar-refractivity contribution in [3.8, 4) is 0 Å². The van der Waals surface area contributed by atoms with Crippen LogP contribution in [0.4, 0.5) is 0 Å². The maximum atomic E-state index is 4.04. The first kappa shape index (κ1) is 12.5. The molecule has 1 aliphatic rings. The minimum Gasteiger partial charge on any atom is -0.313 e. The highest BCUT2D eigenvalue weighted by Gasteiger charge is 2.13. The van der Waals surface area contributed by atoms with Crippen LogP contribution in [0.25, 0.3) is 0 Å². The SMILES string of the molecule is CN(CCNC1CCCC1)Cc1ccncc1. The predicted octanol–water partition coefficient (Wildman–Crippen LogP) is 2.05. The number of pyridine rings is 1. The summed E-state index contributed by atoms with van der Waals surface area (Å²) in [4.78, 5) is 6.39. The lowest BCUT2D eigenvalue weighted by Crippen LogP contribution is -2.34. The molecule has 1 heterocycles. The molecular formula is C14H23N3. The summed E-state index contributed by atoms with van der Waals surface area (Å²) in [6.45, 7) is 3.22. The highest BCUT2D eigenvalue weighted by molar-refractivity contribution is 5.09. The largest absolute Gasteiger partial charge is 0.313 e. The van der Waals surface area contributed by atoms with E-state index >= 15 is 0 Å². The second-order valence-electron chi connectivity index (χ2n) is 5.03. The number of nitrogens with zero attached hydrogens (tertiary/aromatic N) is 2. The van der Waals surface area contributed by atoms with E-state index in [-0.39, 0.29) is 0 Å². The topological polar surface area (TPSA) is 28.2 Å². The molecule has 2 rings (SSSR count). The highest BCUT2D eigenvalue weighted by Crippen LogP contribution is 2.17. The Bertz CT molecular complexity index is 307. The van der Waals surface area contributed by atoms with Gasteiger partial charge in [0.25, 0.3) is 0 Å². The number of aromatic nitrogens is 1. The number of nitrogens with one attached hydrogen (secondary N) is 1. The van der Waals surface area contributed by atoms with Gasteiger partial charge in [-0.15, -0.1) is 0 Å². The number of hydrogen-bond acceptors (Lipinski definition) is 3. The number of likely N-dealkylation sites (N-methyl/N-ethyl adjacent to an activating group) is 1. The van der Waals surface area contributed by atoms with Crippen LogP contribution in [0.3, 0.4) is 0 Å². The standard InChI is InChI=1S/C14H23N3/c1-17(12-13-6-8-15-9-7-13)11-10-16-14-4-2-3-5-14/h6-9,14,16H,2-5,10-12H2,1H3. The summed E-state index contributed by atoms with van der Waals surface area (Å²) in [5.41, 5.74) is 1.34. The maximum Gasteiger partial charge on any atom is 0.0271 e. The molecule has 0 spiro atoms. The quantitative estimate of drug-likeness (QED) is 0.815. The predicted molar refractivity (Wildman–Crippen MR) is 70.8 cm³/mol. The van der Waals surface area contributed by atoms with Crippen LogP contribution in [0.2, 0.25) is 0 Å². The van der Waals surface area contributed by atoms with Gasteiger partial charge in [0.15, 0.2) is 0 Å². The molecule has 3 heteroatoms. The third-order valence-corrected chi connectivity index (χ3v) is 3.48. The van der Waals surface area contributed by atoms with Gasteiger partial charge in [-0.3, -0.25) is 4.98 Å². The van der Waals surface area contributed by atoms with E-state index in [1.807, 2.05) is 12.4 Å². The third kappa shape index (κ3) is 4.44. The van der Waals surface area contributed by atoms with E-state index in [2.05, 4.69) is 34.4 Å². The van der Waals surface area contributed by atoms with Gasteiger partial charge in [0, 0.05) is 38.1 Å². The number of rotatable bonds is 6. The molecule has 0 saturated heterocycles. The first-order valence-electron chi connectivity index (χ1n) is 6.65. The molecular weight excluding hydrogens is 210 g/mol. The van der Waals surface area contributed by atoms with Crippen molar-refractivity contribution in [2.24, 2.45) is 0 Å². The van der Waals surface area contributed by atoms with Crippen LogP contribution < -0.4 is 5.32 Å². The van der Waals surface area contributed by atoms with Gasteiger partial charge in [-0.2, -0.15) is 0 Å². The van der Waals surface area contributed by atoms with E-state index < -0.39 is 0 Å². The van der Waals surface area contributed by atoms with Gasteiger partial charge in [0.1, 0.15) is 0 Å². The highest BCUT2D eigenvalue weighted by atomic mass is 15.1. The van der Waals surface area contributed by atoms with Crippen LogP contribution in [0.1, 0.15) is 31.2 Å². The molecule has 1 aliphatic carbocycles. The van der Waals surface area contributed by atoms with Crippen LogP contribution in [-0.4, -0.2) is 36.1 Å². The van der Waals surface area contributed by atoms with Crippen molar-refractivity contribution in [1.29, 1.82) is 0 Å². The molecule has 1 aromatic heterocycles. The zero-order valence-corrected chi connectivity index (χ0v) is 10.7. The lowest BCUT2D eigenvalue weighted by Gasteiger charge is -2.18. The van der Waals surface area contributed by atoms with Crippen molar-refractivity contribution in [1.82, 2.24) is 15.2 Å². The maximum absolute atomic E-state index is 4.04. The molecule has 0 aliphatic heterocycles. The molecule has 1 aromatic rings. The minimum atomic E-state index is 0.782. The lowest BCUT2D eigenvalue weighted by molar-refractivity contribution is 0.316. The molecule has 0 amide bonds. The molecule has 17 heavy (non-hydrogen) atoms. The second kappa shape index (κ2) is 6.72. The molecule has 3 nitrogen and oxygen atoms in total. The summed E-state index contributed by atoms with van der Waals surface area (Å²) in [5, 5.41) is 3.64. The Kier molecular flexibility index (Phi) is 4.95. The molecule has 94 valence electrons. The van der Waals surface area contributed by atoms with Gasteiger partial charge in [-0.1, -0.05) is 12.8 Å². The van der Waals surface area contributed by atoms with Crippen LogP contribution in [0.5, 0.6) is 0 Å². The van der Waals surface area contributed by atoms with E-state index in [4.69, 9.17) is 0 Å². The summed E-state index contributed by atoms with van der Waals surface area (Å²) in [7, 11) is 2.18.